The van der Waals surface area contributed by atoms with Crippen LogP contribution < -0.4 is 16.4 Å². The van der Waals surface area contributed by atoms with Crippen LogP contribution in [-0.4, -0.2) is 23.8 Å². The number of nitrogens with two attached hydrogens (primary N) is 1. The molecule has 7 heteroatoms. The molecule has 1 unspecified atom stereocenters. The van der Waals surface area contributed by atoms with Crippen LogP contribution in [0.3, 0.4) is 0 Å². The van der Waals surface area contributed by atoms with E-state index in [9.17, 15) is 14.4 Å². The van der Waals surface area contributed by atoms with E-state index >= 15 is 0 Å². The Hall–Kier alpha value is -2.86. The average Bonchev–Trinajstić information content (AvgIpc) is 2.59. The van der Waals surface area contributed by atoms with Crippen molar-refractivity contribution in [2.45, 2.75) is 26.8 Å². The molecule has 1 atom stereocenters. The third-order valence-electron chi connectivity index (χ3n) is 4.13. The first-order valence-corrected chi connectivity index (χ1v) is 8.85. The Kier molecular flexibility index (Phi) is 6.58. The van der Waals surface area contributed by atoms with Crippen LogP contribution >= 0.6 is 11.6 Å². The zero-order valence-corrected chi connectivity index (χ0v) is 16.1. The number of hydrogen-bond acceptors (Lipinski definition) is 3. The number of rotatable bonds is 6. The van der Waals surface area contributed by atoms with E-state index in [0.29, 0.717) is 16.3 Å². The second-order valence-corrected chi connectivity index (χ2v) is 6.93. The van der Waals surface area contributed by atoms with Crippen LogP contribution in [0.25, 0.3) is 0 Å². The first kappa shape index (κ1) is 20.5. The maximum Gasteiger partial charge on any atom is 0.253 e. The fourth-order valence-electron chi connectivity index (χ4n) is 2.71. The van der Waals surface area contributed by atoms with Crippen molar-refractivity contribution in [3.8, 4) is 0 Å². The van der Waals surface area contributed by atoms with E-state index in [1.165, 1.54) is 0 Å². The smallest absolute Gasteiger partial charge is 0.253 e. The van der Waals surface area contributed by atoms with Crippen molar-refractivity contribution in [2.24, 2.45) is 11.7 Å². The van der Waals surface area contributed by atoms with Gasteiger partial charge in [0.1, 0.15) is 6.04 Å². The zero-order valence-electron chi connectivity index (χ0n) is 15.4. The molecule has 4 N–H and O–H groups in total. The molecule has 142 valence electrons. The summed E-state index contributed by atoms with van der Waals surface area (Å²) in [7, 11) is 0. The molecule has 0 heterocycles. The molecule has 6 nitrogen and oxygen atoms in total. The lowest BCUT2D eigenvalue weighted by Crippen LogP contribution is -2.47. The fraction of sp³-hybridized carbons (Fsp3) is 0.250. The Morgan fingerprint density at radius 3 is 2.30 bits per heavy atom. The third-order valence-corrected chi connectivity index (χ3v) is 4.46. The summed E-state index contributed by atoms with van der Waals surface area (Å²) in [5.74, 6) is -1.73. The number of anilines is 1. The summed E-state index contributed by atoms with van der Waals surface area (Å²) in [4.78, 5) is 37.0. The van der Waals surface area contributed by atoms with E-state index in [1.807, 2.05) is 13.8 Å². The Morgan fingerprint density at radius 1 is 1.04 bits per heavy atom. The van der Waals surface area contributed by atoms with Gasteiger partial charge in [0.05, 0.1) is 21.8 Å². The predicted molar refractivity (Wildman–Crippen MR) is 106 cm³/mol. The van der Waals surface area contributed by atoms with Gasteiger partial charge in [-0.15, -0.1) is 0 Å². The van der Waals surface area contributed by atoms with Crippen LogP contribution in [-0.2, 0) is 4.79 Å². The van der Waals surface area contributed by atoms with Gasteiger partial charge in [0.25, 0.3) is 11.8 Å². The van der Waals surface area contributed by atoms with E-state index in [1.54, 1.807) is 49.4 Å². The first-order valence-electron chi connectivity index (χ1n) is 8.48. The lowest BCUT2D eigenvalue weighted by molar-refractivity contribution is -0.118. The van der Waals surface area contributed by atoms with Crippen LogP contribution in [0, 0.1) is 12.8 Å². The molecule has 0 bridgehead atoms. The van der Waals surface area contributed by atoms with Gasteiger partial charge in [-0.05, 0) is 36.6 Å². The molecule has 0 saturated carbocycles. The average molecular weight is 388 g/mol. The van der Waals surface area contributed by atoms with Crippen molar-refractivity contribution in [3.63, 3.8) is 0 Å². The standard InChI is InChI=1S/C20H22ClN3O3/c1-11(2)17(24-19(26)13-8-4-5-9-14(13)21)20(27)23-15-10-6-7-12(3)16(15)18(22)25/h4-11,17H,1-3H3,(H2,22,25)(H,23,27)(H,24,26). The number of carbonyl (C=O) groups is 3. The molecule has 0 saturated heterocycles. The van der Waals surface area contributed by atoms with E-state index < -0.39 is 23.8 Å². The molecule has 27 heavy (non-hydrogen) atoms. The molecule has 0 aliphatic heterocycles. The van der Waals surface area contributed by atoms with Gasteiger partial charge in [-0.3, -0.25) is 14.4 Å². The van der Waals surface area contributed by atoms with E-state index in [-0.39, 0.29) is 17.0 Å². The number of amides is 3. The van der Waals surface area contributed by atoms with Crippen LogP contribution in [0.1, 0.15) is 40.1 Å². The number of aryl methyl sites for hydroxylation is 1. The topological polar surface area (TPSA) is 101 Å². The summed E-state index contributed by atoms with van der Waals surface area (Å²) in [6.45, 7) is 5.35. The second kappa shape index (κ2) is 8.68. The zero-order chi connectivity index (χ0) is 20.1. The lowest BCUT2D eigenvalue weighted by atomic mass is 10.0. The maximum absolute atomic E-state index is 12.8. The third kappa shape index (κ3) is 4.86. The van der Waals surface area contributed by atoms with Gasteiger partial charge in [0.15, 0.2) is 0 Å². The van der Waals surface area contributed by atoms with Crippen LogP contribution in [0.15, 0.2) is 42.5 Å². The number of nitrogens with one attached hydrogen (secondary N) is 2. The van der Waals surface area contributed by atoms with Crippen molar-refractivity contribution in [1.29, 1.82) is 0 Å². The van der Waals surface area contributed by atoms with Crippen LogP contribution in [0.4, 0.5) is 5.69 Å². The van der Waals surface area contributed by atoms with Gasteiger partial charge in [-0.25, -0.2) is 0 Å². The highest BCUT2D eigenvalue weighted by atomic mass is 35.5. The molecule has 2 rings (SSSR count). The molecule has 0 spiro atoms. The SMILES string of the molecule is Cc1cccc(NC(=O)C(NC(=O)c2ccccc2Cl)C(C)C)c1C(N)=O. The van der Waals surface area contributed by atoms with Gasteiger partial charge in [0.2, 0.25) is 5.91 Å². The van der Waals surface area contributed by atoms with Gasteiger partial charge >= 0.3 is 0 Å². The van der Waals surface area contributed by atoms with E-state index in [4.69, 9.17) is 17.3 Å². The highest BCUT2D eigenvalue weighted by Gasteiger charge is 2.26. The minimum absolute atomic E-state index is 0.196. The molecule has 2 aromatic carbocycles. The number of hydrogen-bond donors (Lipinski definition) is 3. The number of benzene rings is 2. The number of carbonyl (C=O) groups excluding carboxylic acids is 3. The number of halogens is 1. The quantitative estimate of drug-likeness (QED) is 0.709. The summed E-state index contributed by atoms with van der Waals surface area (Å²) in [5.41, 5.74) is 6.92. The van der Waals surface area contributed by atoms with Crippen LogP contribution in [0.2, 0.25) is 5.02 Å². The van der Waals surface area contributed by atoms with Gasteiger partial charge in [-0.2, -0.15) is 0 Å². The van der Waals surface area contributed by atoms with Crippen molar-refractivity contribution in [2.75, 3.05) is 5.32 Å². The normalized spacial score (nSPS) is 11.7. The molecule has 2 aromatic rings. The second-order valence-electron chi connectivity index (χ2n) is 6.53. The minimum Gasteiger partial charge on any atom is -0.366 e. The highest BCUT2D eigenvalue weighted by molar-refractivity contribution is 6.33. The maximum atomic E-state index is 12.8. The summed E-state index contributed by atoms with van der Waals surface area (Å²) >= 11 is 6.05. The summed E-state index contributed by atoms with van der Waals surface area (Å²) in [6.07, 6.45) is 0. The van der Waals surface area contributed by atoms with Crippen molar-refractivity contribution in [3.05, 3.63) is 64.2 Å². The number of primary amides is 1. The molecule has 0 aliphatic carbocycles. The first-order chi connectivity index (χ1) is 12.7. The molecular weight excluding hydrogens is 366 g/mol. The Labute approximate surface area is 163 Å². The summed E-state index contributed by atoms with van der Waals surface area (Å²) in [6, 6.07) is 10.8. The van der Waals surface area contributed by atoms with Gasteiger partial charge in [-0.1, -0.05) is 49.7 Å². The molecule has 0 fully saturated rings. The Morgan fingerprint density at radius 2 is 1.70 bits per heavy atom. The summed E-state index contributed by atoms with van der Waals surface area (Å²) < 4.78 is 0. The fourth-order valence-corrected chi connectivity index (χ4v) is 2.93. The van der Waals surface area contributed by atoms with E-state index in [0.717, 1.165) is 0 Å². The molecule has 3 amide bonds. The molecular formula is C20H22ClN3O3. The lowest BCUT2D eigenvalue weighted by Gasteiger charge is -2.23. The minimum atomic E-state index is -0.824. The Balaban J connectivity index is 2.24. The molecule has 0 radical (unpaired) electrons. The largest absolute Gasteiger partial charge is 0.366 e. The molecule has 0 aliphatic rings. The molecule has 0 aromatic heterocycles. The van der Waals surface area contributed by atoms with Crippen LogP contribution in [0.5, 0.6) is 0 Å². The predicted octanol–water partition coefficient (Wildman–Crippen LogP) is 3.14. The van der Waals surface area contributed by atoms with Gasteiger partial charge < -0.3 is 16.4 Å². The Bertz CT molecular complexity index is 881. The van der Waals surface area contributed by atoms with Crippen molar-refractivity contribution < 1.29 is 14.4 Å². The summed E-state index contributed by atoms with van der Waals surface area (Å²) in [5, 5.41) is 5.70. The monoisotopic (exact) mass is 387 g/mol. The van der Waals surface area contributed by atoms with E-state index in [2.05, 4.69) is 10.6 Å². The van der Waals surface area contributed by atoms with Crippen molar-refractivity contribution in [1.82, 2.24) is 5.32 Å². The van der Waals surface area contributed by atoms with Crippen molar-refractivity contribution >= 4 is 35.0 Å². The van der Waals surface area contributed by atoms with Gasteiger partial charge in [0, 0.05) is 0 Å². The highest BCUT2D eigenvalue weighted by Crippen LogP contribution is 2.20.